The van der Waals surface area contributed by atoms with Crippen LogP contribution in [0.25, 0.3) is 0 Å². The van der Waals surface area contributed by atoms with Gasteiger partial charge in [-0.3, -0.25) is 9.89 Å². The molecule has 1 N–H and O–H groups in total. The molecule has 6 heteroatoms. The minimum atomic E-state index is 0. The summed E-state index contributed by atoms with van der Waals surface area (Å²) in [5.74, 6) is 1.99. The summed E-state index contributed by atoms with van der Waals surface area (Å²) in [7, 11) is 3.84. The van der Waals surface area contributed by atoms with Crippen molar-refractivity contribution in [2.24, 2.45) is 4.99 Å². The first-order valence-electron chi connectivity index (χ1n) is 8.16. The molecular weight excluding hydrogens is 403 g/mol. The topological polar surface area (TPSA) is 40.1 Å². The van der Waals surface area contributed by atoms with Crippen LogP contribution < -0.4 is 10.1 Å². The largest absolute Gasteiger partial charge is 0.496 e. The van der Waals surface area contributed by atoms with E-state index in [0.717, 1.165) is 44.4 Å². The average molecular weight is 430 g/mol. The van der Waals surface area contributed by atoms with E-state index in [2.05, 4.69) is 45.4 Å². The highest BCUT2D eigenvalue weighted by atomic mass is 127. The number of methoxy groups -OCH3 is 1. The Morgan fingerprint density at radius 1 is 1.22 bits per heavy atom. The molecule has 0 saturated carbocycles. The van der Waals surface area contributed by atoms with Crippen molar-refractivity contribution in [3.63, 3.8) is 0 Å². The van der Waals surface area contributed by atoms with Gasteiger partial charge in [0.2, 0.25) is 0 Å². The summed E-state index contributed by atoms with van der Waals surface area (Å²) in [6.45, 7) is 5.08. The molecule has 0 amide bonds. The van der Waals surface area contributed by atoms with Crippen molar-refractivity contribution in [3.05, 3.63) is 29.8 Å². The van der Waals surface area contributed by atoms with E-state index in [0.29, 0.717) is 6.04 Å². The van der Waals surface area contributed by atoms with Crippen molar-refractivity contribution in [1.29, 1.82) is 0 Å². The van der Waals surface area contributed by atoms with Crippen LogP contribution in [0, 0.1) is 0 Å². The molecule has 1 fully saturated rings. The molecule has 1 aromatic rings. The van der Waals surface area contributed by atoms with E-state index in [9.17, 15) is 0 Å². The van der Waals surface area contributed by atoms with Crippen molar-refractivity contribution in [1.82, 2.24) is 15.1 Å². The Morgan fingerprint density at radius 2 is 1.96 bits per heavy atom. The SMILES string of the molecule is COc1ccccc1C(CNC1=NCCN1C)N1CCCC1.I. The van der Waals surface area contributed by atoms with E-state index < -0.39 is 0 Å². The Morgan fingerprint density at radius 3 is 2.61 bits per heavy atom. The number of likely N-dealkylation sites (tertiary alicyclic amines) is 1. The van der Waals surface area contributed by atoms with Crippen LogP contribution in [0.3, 0.4) is 0 Å². The zero-order valence-electron chi connectivity index (χ0n) is 14.0. The number of ether oxygens (including phenoxy) is 1. The molecule has 2 aliphatic rings. The summed E-state index contributed by atoms with van der Waals surface area (Å²) < 4.78 is 5.58. The number of hydrogen-bond donors (Lipinski definition) is 1. The average Bonchev–Trinajstić information content (AvgIpc) is 3.20. The monoisotopic (exact) mass is 430 g/mol. The van der Waals surface area contributed by atoms with Gasteiger partial charge in [0, 0.05) is 25.7 Å². The van der Waals surface area contributed by atoms with Crippen LogP contribution in [0.15, 0.2) is 29.3 Å². The first kappa shape index (κ1) is 18.3. The summed E-state index contributed by atoms with van der Waals surface area (Å²) >= 11 is 0. The van der Waals surface area contributed by atoms with Crippen molar-refractivity contribution in [2.45, 2.75) is 18.9 Å². The zero-order chi connectivity index (χ0) is 15.4. The fourth-order valence-corrected chi connectivity index (χ4v) is 3.34. The third-order valence-corrected chi connectivity index (χ3v) is 4.59. The van der Waals surface area contributed by atoms with E-state index in [-0.39, 0.29) is 24.0 Å². The van der Waals surface area contributed by atoms with E-state index in [1.165, 1.54) is 18.4 Å². The Balaban J connectivity index is 0.00000192. The minimum absolute atomic E-state index is 0. The fraction of sp³-hybridized carbons (Fsp3) is 0.588. The van der Waals surface area contributed by atoms with Crippen molar-refractivity contribution in [3.8, 4) is 5.75 Å². The molecule has 128 valence electrons. The zero-order valence-corrected chi connectivity index (χ0v) is 16.3. The molecule has 1 unspecified atom stereocenters. The van der Waals surface area contributed by atoms with Crippen LogP contribution in [-0.2, 0) is 0 Å². The normalized spacial score (nSPS) is 19.2. The number of nitrogens with zero attached hydrogens (tertiary/aromatic N) is 3. The molecule has 0 radical (unpaired) electrons. The van der Waals surface area contributed by atoms with Crippen LogP contribution in [0.4, 0.5) is 0 Å². The van der Waals surface area contributed by atoms with Gasteiger partial charge in [0.1, 0.15) is 5.75 Å². The molecule has 0 aliphatic carbocycles. The van der Waals surface area contributed by atoms with Crippen LogP contribution in [-0.4, -0.2) is 62.6 Å². The van der Waals surface area contributed by atoms with Gasteiger partial charge in [-0.05, 0) is 32.0 Å². The Hall–Kier alpha value is -1.02. The second-order valence-corrected chi connectivity index (χ2v) is 6.01. The molecule has 0 bridgehead atoms. The molecule has 2 heterocycles. The maximum Gasteiger partial charge on any atom is 0.193 e. The number of nitrogens with one attached hydrogen (secondary N) is 1. The van der Waals surface area contributed by atoms with Gasteiger partial charge in [0.05, 0.1) is 19.7 Å². The number of aliphatic imine (C=N–C) groups is 1. The number of hydrogen-bond acceptors (Lipinski definition) is 5. The predicted molar refractivity (Wildman–Crippen MR) is 105 cm³/mol. The Bertz CT molecular complexity index is 531. The second kappa shape index (κ2) is 8.73. The lowest BCUT2D eigenvalue weighted by Crippen LogP contribution is -2.41. The highest BCUT2D eigenvalue weighted by molar-refractivity contribution is 14.0. The van der Waals surface area contributed by atoms with E-state index >= 15 is 0 Å². The van der Waals surface area contributed by atoms with Gasteiger partial charge in [-0.2, -0.15) is 0 Å². The maximum absolute atomic E-state index is 5.58. The first-order chi connectivity index (χ1) is 10.8. The third kappa shape index (κ3) is 4.29. The smallest absolute Gasteiger partial charge is 0.193 e. The summed E-state index contributed by atoms with van der Waals surface area (Å²) in [6, 6.07) is 8.70. The summed E-state index contributed by atoms with van der Waals surface area (Å²) in [5, 5.41) is 3.54. The molecule has 1 atom stereocenters. The highest BCUT2D eigenvalue weighted by Crippen LogP contribution is 2.31. The summed E-state index contributed by atoms with van der Waals surface area (Å²) in [5.41, 5.74) is 1.26. The summed E-state index contributed by atoms with van der Waals surface area (Å²) in [4.78, 5) is 9.27. The lowest BCUT2D eigenvalue weighted by atomic mass is 10.0. The standard InChI is InChI=1S/C17H26N4O.HI/c1-20-12-9-18-17(20)19-13-15(21-10-5-6-11-21)14-7-3-4-8-16(14)22-2;/h3-4,7-8,15H,5-6,9-13H2,1-2H3,(H,18,19);1H. The van der Waals surface area contributed by atoms with Gasteiger partial charge in [-0.25, -0.2) is 0 Å². The molecule has 3 rings (SSSR count). The number of halogens is 1. The van der Waals surface area contributed by atoms with E-state index in [1.807, 2.05) is 6.07 Å². The van der Waals surface area contributed by atoms with Gasteiger partial charge < -0.3 is 15.0 Å². The quantitative estimate of drug-likeness (QED) is 0.729. The van der Waals surface area contributed by atoms with Crippen molar-refractivity contribution < 1.29 is 4.74 Å². The van der Waals surface area contributed by atoms with Gasteiger partial charge in [0.15, 0.2) is 5.96 Å². The summed E-state index contributed by atoms with van der Waals surface area (Å²) in [6.07, 6.45) is 2.57. The van der Waals surface area contributed by atoms with E-state index in [4.69, 9.17) is 4.74 Å². The predicted octanol–water partition coefficient (Wildman–Crippen LogP) is 2.34. The maximum atomic E-state index is 5.58. The van der Waals surface area contributed by atoms with Gasteiger partial charge in [-0.15, -0.1) is 24.0 Å². The number of guanidine groups is 1. The molecule has 0 aromatic heterocycles. The molecule has 1 saturated heterocycles. The number of benzene rings is 1. The van der Waals surface area contributed by atoms with Crippen LogP contribution >= 0.6 is 24.0 Å². The van der Waals surface area contributed by atoms with E-state index in [1.54, 1.807) is 7.11 Å². The number of para-hydroxylation sites is 1. The Labute approximate surface area is 156 Å². The highest BCUT2D eigenvalue weighted by Gasteiger charge is 2.26. The first-order valence-corrected chi connectivity index (χ1v) is 8.16. The second-order valence-electron chi connectivity index (χ2n) is 6.01. The minimum Gasteiger partial charge on any atom is -0.496 e. The van der Waals surface area contributed by atoms with Gasteiger partial charge in [-0.1, -0.05) is 18.2 Å². The number of rotatable bonds is 5. The third-order valence-electron chi connectivity index (χ3n) is 4.59. The Kier molecular flexibility index (Phi) is 6.95. The molecule has 23 heavy (non-hydrogen) atoms. The lowest BCUT2D eigenvalue weighted by Gasteiger charge is -2.30. The lowest BCUT2D eigenvalue weighted by molar-refractivity contribution is 0.238. The molecule has 2 aliphatic heterocycles. The van der Waals surface area contributed by atoms with Crippen LogP contribution in [0.1, 0.15) is 24.4 Å². The van der Waals surface area contributed by atoms with Crippen LogP contribution in [0.2, 0.25) is 0 Å². The van der Waals surface area contributed by atoms with Gasteiger partial charge in [0.25, 0.3) is 0 Å². The molecule has 5 nitrogen and oxygen atoms in total. The molecule has 1 aromatic carbocycles. The van der Waals surface area contributed by atoms with Gasteiger partial charge >= 0.3 is 0 Å². The molecule has 0 spiro atoms. The molecular formula is C17H27IN4O. The van der Waals surface area contributed by atoms with Crippen molar-refractivity contribution >= 4 is 29.9 Å². The number of likely N-dealkylation sites (N-methyl/N-ethyl adjacent to an activating group) is 1. The van der Waals surface area contributed by atoms with Crippen molar-refractivity contribution in [2.75, 3.05) is 46.9 Å². The fourth-order valence-electron chi connectivity index (χ4n) is 3.34. The van der Waals surface area contributed by atoms with Crippen LogP contribution in [0.5, 0.6) is 5.75 Å².